The lowest BCUT2D eigenvalue weighted by atomic mass is 10.0. The predicted octanol–water partition coefficient (Wildman–Crippen LogP) is -7.34. The van der Waals surface area contributed by atoms with Crippen molar-refractivity contribution in [2.45, 2.75) is 114 Å². The Balaban J connectivity index is 2.26. The number of hydrogen-bond donors (Lipinski definition) is 17. The van der Waals surface area contributed by atoms with Crippen LogP contribution in [0.4, 0.5) is 0 Å². The Morgan fingerprint density at radius 2 is 1.09 bits per heavy atom. The van der Waals surface area contributed by atoms with Crippen molar-refractivity contribution in [2.75, 3.05) is 19.8 Å². The maximum atomic E-state index is 14.0. The van der Waals surface area contributed by atoms with Gasteiger partial charge in [0.1, 0.15) is 42.3 Å². The van der Waals surface area contributed by atoms with E-state index in [-0.39, 0.29) is 56.2 Å². The molecule has 0 aliphatic heterocycles. The van der Waals surface area contributed by atoms with E-state index in [9.17, 15) is 68.7 Å². The third kappa shape index (κ3) is 19.8. The number of amides is 7. The van der Waals surface area contributed by atoms with E-state index in [1.54, 1.807) is 13.8 Å². The molecule has 0 unspecified atom stereocenters. The van der Waals surface area contributed by atoms with E-state index in [1.165, 1.54) is 25.0 Å². The summed E-state index contributed by atoms with van der Waals surface area (Å²) in [5, 5.41) is 65.5. The first-order chi connectivity index (χ1) is 31.6. The summed E-state index contributed by atoms with van der Waals surface area (Å²) in [6.07, 6.45) is 2.19. The highest BCUT2D eigenvalue weighted by Crippen LogP contribution is 2.09. The van der Waals surface area contributed by atoms with Crippen LogP contribution in [-0.2, 0) is 56.0 Å². The average Bonchev–Trinajstić information content (AvgIpc) is 3.98. The van der Waals surface area contributed by atoms with Crippen LogP contribution in [-0.4, -0.2) is 179 Å². The number of rotatable bonds is 30. The number of aliphatic hydroxyl groups excluding tert-OH is 3. The number of hydrogen-bond acceptors (Lipinski definition) is 16. The molecule has 0 radical (unpaired) electrons. The van der Waals surface area contributed by atoms with Crippen LogP contribution in [0.1, 0.15) is 57.8 Å². The van der Waals surface area contributed by atoms with E-state index in [1.807, 2.05) is 0 Å². The zero-order chi connectivity index (χ0) is 50.4. The normalized spacial score (nSPS) is 15.1. The van der Waals surface area contributed by atoms with Crippen LogP contribution in [0.3, 0.4) is 0 Å². The largest absolute Gasteiger partial charge is 0.481 e. The Bertz CT molecular complexity index is 1990. The number of nitrogens with zero attached hydrogens (tertiary/aromatic N) is 3. The summed E-state index contributed by atoms with van der Waals surface area (Å²) in [5.41, 5.74) is 17.0. The lowest BCUT2D eigenvalue weighted by Crippen LogP contribution is -2.62. The number of aliphatic imine (C=N–C) groups is 1. The van der Waals surface area contributed by atoms with Crippen LogP contribution >= 0.6 is 0 Å². The zero-order valence-electron chi connectivity index (χ0n) is 36.9. The van der Waals surface area contributed by atoms with Crippen LogP contribution in [0.15, 0.2) is 30.0 Å². The minimum absolute atomic E-state index is 0.0698. The van der Waals surface area contributed by atoms with Crippen LogP contribution in [0.5, 0.6) is 0 Å². The number of guanidine groups is 1. The molecular weight excluding hydrogens is 891 g/mol. The van der Waals surface area contributed by atoms with Crippen LogP contribution < -0.4 is 54.4 Å². The number of nitrogens with two attached hydrogens (primary N) is 3. The first-order valence-electron chi connectivity index (χ1n) is 20.8. The molecule has 0 aliphatic carbocycles. The number of H-pyrrole nitrogens is 2. The molecule has 29 nitrogen and oxygen atoms in total. The lowest BCUT2D eigenvalue weighted by molar-refractivity contribution is -0.143. The highest BCUT2D eigenvalue weighted by atomic mass is 16.4. The molecule has 0 saturated heterocycles. The first kappa shape index (κ1) is 55.9. The molecule has 2 aromatic rings. The smallest absolute Gasteiger partial charge is 0.326 e. The monoisotopic (exact) mass is 951 g/mol. The molecule has 2 heterocycles. The first-order valence-corrected chi connectivity index (χ1v) is 20.8. The van der Waals surface area contributed by atoms with Gasteiger partial charge in [-0.15, -0.1) is 0 Å². The minimum atomic E-state index is -1.90. The van der Waals surface area contributed by atoms with Crippen molar-refractivity contribution in [1.82, 2.24) is 57.2 Å². The van der Waals surface area contributed by atoms with Crippen LogP contribution in [0, 0.1) is 5.92 Å². The number of carboxylic acids is 2. The van der Waals surface area contributed by atoms with Crippen molar-refractivity contribution in [2.24, 2.45) is 28.1 Å². The number of carbonyl (C=O) groups excluding carboxylic acids is 7. The molecule has 20 N–H and O–H groups in total. The molecule has 2 rings (SSSR count). The van der Waals surface area contributed by atoms with E-state index in [2.05, 4.69) is 62.1 Å². The van der Waals surface area contributed by atoms with E-state index >= 15 is 0 Å². The van der Waals surface area contributed by atoms with Gasteiger partial charge in [-0.2, -0.15) is 0 Å². The van der Waals surface area contributed by atoms with Crippen molar-refractivity contribution < 1.29 is 68.7 Å². The minimum Gasteiger partial charge on any atom is -0.481 e. The summed E-state index contributed by atoms with van der Waals surface area (Å²) >= 11 is 0. The number of imidazole rings is 2. The Hall–Kier alpha value is -7.24. The quantitative estimate of drug-likeness (QED) is 0.0196. The molecule has 0 aliphatic rings. The van der Waals surface area contributed by atoms with Gasteiger partial charge < -0.3 is 89.9 Å². The molecule has 0 bridgehead atoms. The van der Waals surface area contributed by atoms with E-state index in [0.717, 1.165) is 6.92 Å². The average molecular weight is 952 g/mol. The van der Waals surface area contributed by atoms with Gasteiger partial charge in [-0.25, -0.2) is 14.8 Å². The van der Waals surface area contributed by atoms with Crippen LogP contribution in [0.25, 0.3) is 0 Å². The van der Waals surface area contributed by atoms with Gasteiger partial charge in [-0.3, -0.25) is 43.3 Å². The second-order valence-corrected chi connectivity index (χ2v) is 15.6. The Labute approximate surface area is 382 Å². The van der Waals surface area contributed by atoms with Crippen LogP contribution in [0.2, 0.25) is 0 Å². The van der Waals surface area contributed by atoms with E-state index in [0.29, 0.717) is 5.69 Å². The predicted molar refractivity (Wildman–Crippen MR) is 231 cm³/mol. The van der Waals surface area contributed by atoms with Gasteiger partial charge in [0.2, 0.25) is 41.4 Å². The van der Waals surface area contributed by atoms with Gasteiger partial charge >= 0.3 is 11.9 Å². The van der Waals surface area contributed by atoms with Gasteiger partial charge in [-0.1, -0.05) is 13.8 Å². The van der Waals surface area contributed by atoms with Gasteiger partial charge in [0, 0.05) is 43.2 Å². The lowest BCUT2D eigenvalue weighted by Gasteiger charge is -2.28. The second kappa shape index (κ2) is 27.9. The summed E-state index contributed by atoms with van der Waals surface area (Å²) in [4.78, 5) is 134. The van der Waals surface area contributed by atoms with Gasteiger partial charge in [0.15, 0.2) is 5.96 Å². The fourth-order valence-electron chi connectivity index (χ4n) is 6.06. The Morgan fingerprint density at radius 3 is 1.57 bits per heavy atom. The van der Waals surface area contributed by atoms with Gasteiger partial charge in [-0.05, 0) is 32.1 Å². The number of carboxylic acid groups (broad SMARTS) is 2. The van der Waals surface area contributed by atoms with Crippen molar-refractivity contribution >= 4 is 59.2 Å². The highest BCUT2D eigenvalue weighted by Gasteiger charge is 2.36. The SMILES string of the molecule is CC(C)C[C@H](NC(=O)[C@H](Cc1cnc[nH]1)NC(=O)[C@H](CC(=O)O)NC(=O)[C@H](CO)NC(=O)[C@@H](N)CCCN=C(N)N)C(=O)N[C@@H](CO)C(=O)N[C@H](C(=O)N[C@@H](Cc1cnc[nH]1)C(=O)O)[C@@H](C)O. The molecule has 372 valence electrons. The molecule has 9 atom stereocenters. The summed E-state index contributed by atoms with van der Waals surface area (Å²) in [5.74, 6) is -11.2. The molecule has 0 aromatic carbocycles. The van der Waals surface area contributed by atoms with Crippen molar-refractivity contribution in [3.05, 3.63) is 36.4 Å². The maximum absolute atomic E-state index is 14.0. The fourth-order valence-corrected chi connectivity index (χ4v) is 6.06. The topological polar surface area (TPSA) is 487 Å². The molecule has 7 amide bonds. The highest BCUT2D eigenvalue weighted by molar-refractivity contribution is 5.98. The van der Waals surface area contributed by atoms with Gasteiger partial charge in [0.05, 0.1) is 44.4 Å². The molecule has 0 saturated carbocycles. The Morgan fingerprint density at radius 1 is 0.642 bits per heavy atom. The summed E-state index contributed by atoms with van der Waals surface area (Å²) < 4.78 is 0. The summed E-state index contributed by atoms with van der Waals surface area (Å²) in [7, 11) is 0. The summed E-state index contributed by atoms with van der Waals surface area (Å²) in [6.45, 7) is 2.57. The van der Waals surface area contributed by atoms with E-state index < -0.39 is 127 Å². The number of aromatic amines is 2. The van der Waals surface area contributed by atoms with Crippen molar-refractivity contribution in [1.29, 1.82) is 0 Å². The second-order valence-electron chi connectivity index (χ2n) is 15.6. The number of nitrogens with one attached hydrogen (secondary N) is 9. The van der Waals surface area contributed by atoms with Crippen molar-refractivity contribution in [3.8, 4) is 0 Å². The van der Waals surface area contributed by atoms with Crippen molar-refractivity contribution in [3.63, 3.8) is 0 Å². The summed E-state index contributed by atoms with van der Waals surface area (Å²) in [6, 6.07) is -13.0. The fraction of sp³-hybridized carbons (Fsp3) is 0.579. The molecule has 29 heteroatoms. The Kier molecular flexibility index (Phi) is 23.3. The molecule has 2 aromatic heterocycles. The number of carbonyl (C=O) groups is 9. The number of aliphatic carboxylic acids is 2. The molecule has 0 spiro atoms. The standard InChI is InChI=1S/C38H61N15O14/c1-17(2)7-22(31(60)52-27(14-55)35(64)53-29(18(3)56)36(65)50-25(37(66)67)9-20-12-43-16-46-20)47-32(61)23(8-19-11-42-15-45-19)48-33(62)24(10-28(57)58)49-34(63)26(13-54)51-30(59)21(39)5-4-6-44-38(40)41/h11-12,15-18,21-27,29,54-56H,4-10,13-14,39H2,1-3H3,(H,42,45)(H,43,46)(H,47,61)(H,48,62)(H,49,63)(H,50,65)(H,51,59)(H,52,60)(H,53,64)(H,57,58)(H,66,67)(H4,40,41,44)/t18-,21+,22+,23+,24+,25+,26+,27+,29+/m1/s1. The van der Waals surface area contributed by atoms with E-state index in [4.69, 9.17) is 17.2 Å². The molecular formula is C38H61N15O14. The zero-order valence-corrected chi connectivity index (χ0v) is 36.9. The number of aromatic nitrogens is 4. The molecule has 0 fully saturated rings. The third-order valence-electron chi connectivity index (χ3n) is 9.56. The number of aliphatic hydroxyl groups is 3. The third-order valence-corrected chi connectivity index (χ3v) is 9.56. The molecule has 67 heavy (non-hydrogen) atoms. The maximum Gasteiger partial charge on any atom is 0.326 e. The van der Waals surface area contributed by atoms with Gasteiger partial charge in [0.25, 0.3) is 0 Å².